The molecule has 1 aliphatic rings. The Labute approximate surface area is 97.1 Å². The third kappa shape index (κ3) is 2.13. The number of carbonyl (C=O) groups is 1. The molecule has 0 unspecified atom stereocenters. The summed E-state index contributed by atoms with van der Waals surface area (Å²) in [4.78, 5) is 15.1. The fourth-order valence-electron chi connectivity index (χ4n) is 1.23. The summed E-state index contributed by atoms with van der Waals surface area (Å²) in [6.07, 6.45) is 0. The summed E-state index contributed by atoms with van der Waals surface area (Å²) >= 11 is 11.7. The first-order valence-corrected chi connectivity index (χ1v) is 5.23. The van der Waals surface area contributed by atoms with Crippen LogP contribution in [0.3, 0.4) is 0 Å². The Hall–Kier alpha value is -1.06. The Morgan fingerprint density at radius 3 is 2.53 bits per heavy atom. The van der Waals surface area contributed by atoms with Gasteiger partial charge >= 0.3 is 0 Å². The van der Waals surface area contributed by atoms with E-state index in [1.54, 1.807) is 0 Å². The SMILES string of the molecule is O=C1N[C@@H](Cl)[C@@H]1/N=C(\Cl)c1ccccc1. The monoisotopic (exact) mass is 242 g/mol. The van der Waals surface area contributed by atoms with Crippen LogP contribution < -0.4 is 5.32 Å². The van der Waals surface area contributed by atoms with Crippen molar-refractivity contribution < 1.29 is 4.79 Å². The van der Waals surface area contributed by atoms with Crippen LogP contribution in [0.5, 0.6) is 0 Å². The predicted octanol–water partition coefficient (Wildman–Crippen LogP) is 1.74. The second kappa shape index (κ2) is 4.21. The molecule has 1 aliphatic heterocycles. The van der Waals surface area contributed by atoms with Gasteiger partial charge in [-0.1, -0.05) is 53.5 Å². The molecule has 1 heterocycles. The lowest BCUT2D eigenvalue weighted by Crippen LogP contribution is -2.58. The lowest BCUT2D eigenvalue weighted by atomic mass is 10.1. The van der Waals surface area contributed by atoms with Crippen molar-refractivity contribution in [2.24, 2.45) is 4.99 Å². The molecule has 1 amide bonds. The number of rotatable bonds is 2. The molecule has 2 atom stereocenters. The smallest absolute Gasteiger partial charge is 0.249 e. The van der Waals surface area contributed by atoms with Crippen LogP contribution in [-0.2, 0) is 4.79 Å². The van der Waals surface area contributed by atoms with Gasteiger partial charge in [-0.25, -0.2) is 0 Å². The zero-order chi connectivity index (χ0) is 10.8. The van der Waals surface area contributed by atoms with Crippen molar-refractivity contribution in [2.75, 3.05) is 0 Å². The summed E-state index contributed by atoms with van der Waals surface area (Å²) in [5.74, 6) is -0.191. The molecule has 5 heteroatoms. The van der Waals surface area contributed by atoms with E-state index in [1.165, 1.54) is 0 Å². The van der Waals surface area contributed by atoms with E-state index in [2.05, 4.69) is 10.3 Å². The molecule has 1 N–H and O–H groups in total. The highest BCUT2D eigenvalue weighted by Crippen LogP contribution is 2.17. The second-order valence-corrected chi connectivity index (χ2v) is 3.97. The summed E-state index contributed by atoms with van der Waals surface area (Å²) < 4.78 is 0. The first kappa shape index (κ1) is 10.5. The number of halogens is 2. The lowest BCUT2D eigenvalue weighted by Gasteiger charge is -2.28. The molecule has 0 spiro atoms. The average molecular weight is 243 g/mol. The number of aliphatic imine (C=N–C) groups is 1. The molecule has 78 valence electrons. The Balaban J connectivity index is 2.17. The molecule has 3 nitrogen and oxygen atoms in total. The van der Waals surface area contributed by atoms with Crippen molar-refractivity contribution in [1.82, 2.24) is 5.32 Å². The standard InChI is InChI=1S/C10H8Cl2N2O/c11-8(6-4-2-1-3-5-6)13-7-9(12)14-10(7)15/h1-5,7,9H,(H,14,15)/b13-8-/t7-,9+/m0/s1. The molecule has 0 radical (unpaired) electrons. The molecule has 1 aromatic rings. The molecule has 15 heavy (non-hydrogen) atoms. The van der Waals surface area contributed by atoms with E-state index in [0.29, 0.717) is 5.17 Å². The lowest BCUT2D eigenvalue weighted by molar-refractivity contribution is -0.128. The van der Waals surface area contributed by atoms with Crippen molar-refractivity contribution in [2.45, 2.75) is 11.5 Å². The van der Waals surface area contributed by atoms with E-state index in [0.717, 1.165) is 5.56 Å². The molecule has 1 aromatic carbocycles. The van der Waals surface area contributed by atoms with Gasteiger partial charge in [-0.05, 0) is 0 Å². The van der Waals surface area contributed by atoms with Crippen LogP contribution >= 0.6 is 23.2 Å². The van der Waals surface area contributed by atoms with Crippen molar-refractivity contribution in [3.63, 3.8) is 0 Å². The Morgan fingerprint density at radius 1 is 1.33 bits per heavy atom. The fourth-order valence-corrected chi connectivity index (χ4v) is 1.74. The van der Waals surface area contributed by atoms with Crippen LogP contribution in [0.1, 0.15) is 5.56 Å². The van der Waals surface area contributed by atoms with Gasteiger partial charge in [0.15, 0.2) is 6.04 Å². The second-order valence-electron chi connectivity index (χ2n) is 3.14. The van der Waals surface area contributed by atoms with Crippen LogP contribution in [0.4, 0.5) is 0 Å². The molecule has 0 aliphatic carbocycles. The van der Waals surface area contributed by atoms with Crippen molar-refractivity contribution in [3.8, 4) is 0 Å². The van der Waals surface area contributed by atoms with E-state index in [9.17, 15) is 4.79 Å². The summed E-state index contributed by atoms with van der Waals surface area (Å²) in [6, 6.07) is 8.67. The minimum Gasteiger partial charge on any atom is -0.336 e. The van der Waals surface area contributed by atoms with Crippen LogP contribution in [-0.4, -0.2) is 22.6 Å². The Morgan fingerprint density at radius 2 is 2.00 bits per heavy atom. The average Bonchev–Trinajstić information content (AvgIpc) is 2.27. The minimum absolute atomic E-state index is 0.191. The molecule has 0 saturated carbocycles. The first-order chi connectivity index (χ1) is 7.18. The van der Waals surface area contributed by atoms with Gasteiger partial charge in [0.2, 0.25) is 5.91 Å². The van der Waals surface area contributed by atoms with Gasteiger partial charge in [-0.2, -0.15) is 0 Å². The third-order valence-electron chi connectivity index (χ3n) is 2.09. The van der Waals surface area contributed by atoms with Crippen LogP contribution in [0.25, 0.3) is 0 Å². The van der Waals surface area contributed by atoms with Crippen LogP contribution in [0, 0.1) is 0 Å². The maximum atomic E-state index is 11.0. The molecule has 0 aromatic heterocycles. The minimum atomic E-state index is -0.570. The molecular weight excluding hydrogens is 235 g/mol. The number of amides is 1. The van der Waals surface area contributed by atoms with E-state index >= 15 is 0 Å². The van der Waals surface area contributed by atoms with E-state index < -0.39 is 11.5 Å². The van der Waals surface area contributed by atoms with E-state index in [1.807, 2.05) is 30.3 Å². The highest BCUT2D eigenvalue weighted by molar-refractivity contribution is 6.69. The quantitative estimate of drug-likeness (QED) is 0.365. The van der Waals surface area contributed by atoms with Gasteiger partial charge in [-0.15, -0.1) is 0 Å². The zero-order valence-corrected chi connectivity index (χ0v) is 9.16. The van der Waals surface area contributed by atoms with Gasteiger partial charge < -0.3 is 5.32 Å². The third-order valence-corrected chi connectivity index (χ3v) is 2.75. The summed E-state index contributed by atoms with van der Waals surface area (Å²) in [7, 11) is 0. The van der Waals surface area contributed by atoms with Gasteiger partial charge in [0.1, 0.15) is 10.7 Å². The predicted molar refractivity (Wildman–Crippen MR) is 60.4 cm³/mol. The van der Waals surface area contributed by atoms with Crippen LogP contribution in [0.15, 0.2) is 35.3 Å². The number of hydrogen-bond acceptors (Lipinski definition) is 2. The maximum Gasteiger partial charge on any atom is 0.249 e. The number of alkyl halides is 1. The van der Waals surface area contributed by atoms with Gasteiger partial charge in [-0.3, -0.25) is 9.79 Å². The van der Waals surface area contributed by atoms with Crippen molar-refractivity contribution >= 4 is 34.3 Å². The summed E-state index contributed by atoms with van der Waals surface area (Å²) in [5.41, 5.74) is 0.331. The molecule has 1 fully saturated rings. The Bertz CT molecular complexity index is 405. The number of benzene rings is 1. The van der Waals surface area contributed by atoms with Crippen molar-refractivity contribution in [3.05, 3.63) is 35.9 Å². The van der Waals surface area contributed by atoms with E-state index in [4.69, 9.17) is 23.2 Å². The number of β-lactam (4-membered cyclic amide) rings is 1. The number of hydrogen-bond donors (Lipinski definition) is 1. The number of nitrogens with one attached hydrogen (secondary N) is 1. The molecular formula is C10H8Cl2N2O. The van der Waals surface area contributed by atoms with Gasteiger partial charge in [0, 0.05) is 5.56 Å². The summed E-state index contributed by atoms with van der Waals surface area (Å²) in [5, 5.41) is 2.78. The Kier molecular flexibility index (Phi) is 2.93. The number of carbonyl (C=O) groups excluding carboxylic acids is 1. The largest absolute Gasteiger partial charge is 0.336 e. The molecule has 0 bridgehead atoms. The highest BCUT2D eigenvalue weighted by atomic mass is 35.5. The molecule has 1 saturated heterocycles. The topological polar surface area (TPSA) is 41.5 Å². The van der Waals surface area contributed by atoms with Gasteiger partial charge in [0.05, 0.1) is 0 Å². The first-order valence-electron chi connectivity index (χ1n) is 4.41. The normalized spacial score (nSPS) is 25.7. The fraction of sp³-hybridized carbons (Fsp3) is 0.200. The van der Waals surface area contributed by atoms with Gasteiger partial charge in [0.25, 0.3) is 0 Å². The van der Waals surface area contributed by atoms with Crippen molar-refractivity contribution in [1.29, 1.82) is 0 Å². The summed E-state index contributed by atoms with van der Waals surface area (Å²) in [6.45, 7) is 0. The van der Waals surface area contributed by atoms with Crippen LogP contribution in [0.2, 0.25) is 0 Å². The highest BCUT2D eigenvalue weighted by Gasteiger charge is 2.37. The van der Waals surface area contributed by atoms with E-state index in [-0.39, 0.29) is 5.91 Å². The molecule has 2 rings (SSSR count). The maximum absolute atomic E-state index is 11.0. The number of nitrogens with zero attached hydrogens (tertiary/aromatic N) is 1. The zero-order valence-electron chi connectivity index (χ0n) is 7.65.